The van der Waals surface area contributed by atoms with Gasteiger partial charge in [-0.15, -0.1) is 11.3 Å². The second-order valence-corrected chi connectivity index (χ2v) is 5.11. The lowest BCUT2D eigenvalue weighted by Crippen LogP contribution is -2.32. The van der Waals surface area contributed by atoms with E-state index in [-0.39, 0.29) is 0 Å². The van der Waals surface area contributed by atoms with E-state index in [4.69, 9.17) is 4.74 Å². The van der Waals surface area contributed by atoms with Crippen LogP contribution in [0.1, 0.15) is 15.2 Å². The monoisotopic (exact) mass is 289 g/mol. The van der Waals surface area contributed by atoms with Crippen LogP contribution in [0, 0.1) is 0 Å². The van der Waals surface area contributed by atoms with Crippen molar-refractivity contribution in [3.63, 3.8) is 0 Å². The molecule has 0 bridgehead atoms. The molecule has 0 saturated heterocycles. The van der Waals surface area contributed by atoms with Gasteiger partial charge in [0.2, 0.25) is 0 Å². The van der Waals surface area contributed by atoms with Gasteiger partial charge in [-0.05, 0) is 35.6 Å². The number of Topliss-reactive ketones (excluding diaryl/α,β-unsaturated/α-hetero) is 1. The topological polar surface area (TPSA) is 55.4 Å². The predicted molar refractivity (Wildman–Crippen MR) is 78.4 cm³/mol. The molecule has 2 aromatic rings. The quantitative estimate of drug-likeness (QED) is 0.656. The van der Waals surface area contributed by atoms with Gasteiger partial charge in [0, 0.05) is 6.54 Å². The summed E-state index contributed by atoms with van der Waals surface area (Å²) in [5.74, 6) is -0.235. The molecule has 1 aromatic heterocycles. The van der Waals surface area contributed by atoms with Crippen molar-refractivity contribution in [1.29, 1.82) is 0 Å². The standard InChI is InChI=1S/C15H15NO3S/c1-19-12-6-4-11(5-7-12)8-9-16-15(18)14(17)13-3-2-10-20-13/h2-7,10H,8-9H2,1H3,(H,16,18). The first-order valence-electron chi connectivity index (χ1n) is 6.19. The van der Waals surface area contributed by atoms with Crippen molar-refractivity contribution in [3.8, 4) is 5.75 Å². The fourth-order valence-corrected chi connectivity index (χ4v) is 2.37. The smallest absolute Gasteiger partial charge is 0.293 e. The summed E-state index contributed by atoms with van der Waals surface area (Å²) in [7, 11) is 1.62. The zero-order valence-corrected chi connectivity index (χ0v) is 11.9. The molecule has 0 saturated carbocycles. The van der Waals surface area contributed by atoms with Crippen LogP contribution in [-0.2, 0) is 11.2 Å². The molecule has 0 aliphatic heterocycles. The minimum Gasteiger partial charge on any atom is -0.497 e. The molecule has 0 aliphatic rings. The van der Waals surface area contributed by atoms with Crippen LogP contribution in [0.3, 0.4) is 0 Å². The van der Waals surface area contributed by atoms with E-state index in [1.54, 1.807) is 24.6 Å². The fourth-order valence-electron chi connectivity index (χ4n) is 1.71. The number of carbonyl (C=O) groups is 2. The summed E-state index contributed by atoms with van der Waals surface area (Å²) in [4.78, 5) is 23.8. The number of ketones is 1. The normalized spacial score (nSPS) is 10.1. The van der Waals surface area contributed by atoms with Crippen LogP contribution in [0.15, 0.2) is 41.8 Å². The van der Waals surface area contributed by atoms with Gasteiger partial charge in [-0.1, -0.05) is 18.2 Å². The Morgan fingerprint density at radius 1 is 1.20 bits per heavy atom. The Hall–Kier alpha value is -2.14. The minimum atomic E-state index is -0.555. The number of nitrogens with one attached hydrogen (secondary N) is 1. The summed E-state index contributed by atoms with van der Waals surface area (Å²) in [6, 6.07) is 11.0. The van der Waals surface area contributed by atoms with Crippen molar-refractivity contribution in [3.05, 3.63) is 52.2 Å². The average Bonchev–Trinajstić information content (AvgIpc) is 3.01. The molecule has 104 valence electrons. The molecule has 0 fully saturated rings. The largest absolute Gasteiger partial charge is 0.497 e. The van der Waals surface area contributed by atoms with E-state index in [0.29, 0.717) is 17.8 Å². The third-order valence-corrected chi connectivity index (χ3v) is 3.68. The highest BCUT2D eigenvalue weighted by atomic mass is 32.1. The van der Waals surface area contributed by atoms with Crippen molar-refractivity contribution in [2.24, 2.45) is 0 Å². The third-order valence-electron chi connectivity index (χ3n) is 2.81. The highest BCUT2D eigenvalue weighted by Gasteiger charge is 2.16. The Kier molecular flexibility index (Phi) is 4.90. The third kappa shape index (κ3) is 3.68. The highest BCUT2D eigenvalue weighted by Crippen LogP contribution is 2.11. The lowest BCUT2D eigenvalue weighted by Gasteiger charge is -2.05. The molecule has 0 atom stereocenters. The van der Waals surface area contributed by atoms with Gasteiger partial charge in [-0.25, -0.2) is 0 Å². The van der Waals surface area contributed by atoms with Crippen LogP contribution in [0.5, 0.6) is 5.75 Å². The molecule has 5 heteroatoms. The van der Waals surface area contributed by atoms with Gasteiger partial charge in [-0.2, -0.15) is 0 Å². The van der Waals surface area contributed by atoms with Crippen LogP contribution in [0.2, 0.25) is 0 Å². The molecule has 1 N–H and O–H groups in total. The minimum absolute atomic E-state index is 0.433. The second-order valence-electron chi connectivity index (χ2n) is 4.16. The van der Waals surface area contributed by atoms with E-state index >= 15 is 0 Å². The Morgan fingerprint density at radius 2 is 1.95 bits per heavy atom. The first kappa shape index (κ1) is 14.3. The van der Waals surface area contributed by atoms with Crippen LogP contribution in [0.25, 0.3) is 0 Å². The number of amides is 1. The molecule has 2 rings (SSSR count). The second kappa shape index (κ2) is 6.86. The first-order chi connectivity index (χ1) is 9.70. The molecule has 20 heavy (non-hydrogen) atoms. The molecule has 0 spiro atoms. The molecule has 0 radical (unpaired) electrons. The van der Waals surface area contributed by atoms with Gasteiger partial charge in [0.25, 0.3) is 11.7 Å². The van der Waals surface area contributed by atoms with E-state index in [9.17, 15) is 9.59 Å². The van der Waals surface area contributed by atoms with E-state index < -0.39 is 11.7 Å². The van der Waals surface area contributed by atoms with Gasteiger partial charge in [-0.3, -0.25) is 9.59 Å². The zero-order chi connectivity index (χ0) is 14.4. The van der Waals surface area contributed by atoms with Crippen molar-refractivity contribution in [1.82, 2.24) is 5.32 Å². The van der Waals surface area contributed by atoms with Crippen LogP contribution >= 0.6 is 11.3 Å². The molecule has 4 nitrogen and oxygen atoms in total. The summed E-state index contributed by atoms with van der Waals surface area (Å²) in [6.45, 7) is 0.433. The predicted octanol–water partition coefficient (Wildman–Crippen LogP) is 2.30. The van der Waals surface area contributed by atoms with E-state index in [0.717, 1.165) is 11.3 Å². The van der Waals surface area contributed by atoms with Crippen molar-refractivity contribution in [2.45, 2.75) is 6.42 Å². The summed E-state index contributed by atoms with van der Waals surface area (Å²) >= 11 is 1.27. The average molecular weight is 289 g/mol. The van der Waals surface area contributed by atoms with Crippen LogP contribution in [0.4, 0.5) is 0 Å². The number of rotatable bonds is 6. The maximum atomic E-state index is 11.7. The van der Waals surface area contributed by atoms with Crippen molar-refractivity contribution >= 4 is 23.0 Å². The summed E-state index contributed by atoms with van der Waals surface area (Å²) in [5.41, 5.74) is 1.08. The number of hydrogen-bond acceptors (Lipinski definition) is 4. The Bertz CT molecular complexity index is 576. The Balaban J connectivity index is 1.80. The summed E-state index contributed by atoms with van der Waals surface area (Å²) in [6.07, 6.45) is 0.674. The first-order valence-corrected chi connectivity index (χ1v) is 7.07. The van der Waals surface area contributed by atoms with Gasteiger partial charge >= 0.3 is 0 Å². The molecule has 0 aliphatic carbocycles. The van der Waals surface area contributed by atoms with E-state index in [1.165, 1.54) is 11.3 Å². The number of benzene rings is 1. The van der Waals surface area contributed by atoms with Gasteiger partial charge in [0.1, 0.15) is 5.75 Å². The molecular weight excluding hydrogens is 274 g/mol. The molecule has 1 amide bonds. The Morgan fingerprint density at radius 3 is 2.55 bits per heavy atom. The van der Waals surface area contributed by atoms with Crippen molar-refractivity contribution in [2.75, 3.05) is 13.7 Å². The number of thiophene rings is 1. The van der Waals surface area contributed by atoms with E-state index in [2.05, 4.69) is 5.32 Å². The van der Waals surface area contributed by atoms with Crippen molar-refractivity contribution < 1.29 is 14.3 Å². The molecule has 1 heterocycles. The maximum Gasteiger partial charge on any atom is 0.293 e. The molecule has 0 unspecified atom stereocenters. The Labute approximate surface area is 121 Å². The zero-order valence-electron chi connectivity index (χ0n) is 11.1. The molecule has 1 aromatic carbocycles. The number of carbonyl (C=O) groups excluding carboxylic acids is 2. The van der Waals surface area contributed by atoms with Gasteiger partial charge in [0.15, 0.2) is 0 Å². The maximum absolute atomic E-state index is 11.7. The number of hydrogen-bond donors (Lipinski definition) is 1. The van der Waals surface area contributed by atoms with E-state index in [1.807, 2.05) is 24.3 Å². The fraction of sp³-hybridized carbons (Fsp3) is 0.200. The number of methoxy groups -OCH3 is 1. The molecular formula is C15H15NO3S. The lowest BCUT2D eigenvalue weighted by atomic mass is 10.1. The van der Waals surface area contributed by atoms with Crippen LogP contribution < -0.4 is 10.1 Å². The summed E-state index contributed by atoms with van der Waals surface area (Å²) in [5, 5.41) is 4.41. The SMILES string of the molecule is COc1ccc(CCNC(=O)C(=O)c2cccs2)cc1. The van der Waals surface area contributed by atoms with Crippen LogP contribution in [-0.4, -0.2) is 25.3 Å². The highest BCUT2D eigenvalue weighted by molar-refractivity contribution is 7.13. The van der Waals surface area contributed by atoms with Gasteiger partial charge < -0.3 is 10.1 Å². The van der Waals surface area contributed by atoms with Gasteiger partial charge in [0.05, 0.1) is 12.0 Å². The lowest BCUT2D eigenvalue weighted by molar-refractivity contribution is -0.116. The summed E-state index contributed by atoms with van der Waals surface area (Å²) < 4.78 is 5.07. The number of ether oxygens (including phenoxy) is 1.